The zero-order valence-corrected chi connectivity index (χ0v) is 9.70. The van der Waals surface area contributed by atoms with Gasteiger partial charge in [-0.25, -0.2) is 0 Å². The van der Waals surface area contributed by atoms with E-state index in [1.807, 2.05) is 0 Å². The molecular weight excluding hydrogens is 192 g/mol. The fourth-order valence-corrected chi connectivity index (χ4v) is 2.06. The number of aliphatic carboxylic acids is 1. The Bertz CT molecular complexity index is 209. The summed E-state index contributed by atoms with van der Waals surface area (Å²) >= 11 is 0. The van der Waals surface area contributed by atoms with Crippen LogP contribution in [0.3, 0.4) is 0 Å². The van der Waals surface area contributed by atoms with E-state index in [0.717, 1.165) is 13.0 Å². The van der Waals surface area contributed by atoms with Gasteiger partial charge in [0.05, 0.1) is 0 Å². The standard InChI is InChI=1S/C11H22N2O2/c1-9(11(14)15)12-7-6-10-5-3-4-8-13(10)2/h9-10,12H,3-8H2,1-2H3,(H,14,15)/t9-,10?/m1/s1. The van der Waals surface area contributed by atoms with Crippen LogP contribution in [0.5, 0.6) is 0 Å². The van der Waals surface area contributed by atoms with Gasteiger partial charge in [-0.1, -0.05) is 6.42 Å². The van der Waals surface area contributed by atoms with Gasteiger partial charge in [0, 0.05) is 6.04 Å². The Morgan fingerprint density at radius 1 is 1.60 bits per heavy atom. The number of carboxylic acid groups (broad SMARTS) is 1. The minimum atomic E-state index is -0.771. The molecule has 0 spiro atoms. The van der Waals surface area contributed by atoms with Crippen LogP contribution in [0.15, 0.2) is 0 Å². The number of hydrogen-bond donors (Lipinski definition) is 2. The third-order valence-electron chi connectivity index (χ3n) is 3.22. The summed E-state index contributed by atoms with van der Waals surface area (Å²) in [7, 11) is 2.16. The van der Waals surface area contributed by atoms with Crippen molar-refractivity contribution < 1.29 is 9.90 Å². The number of rotatable bonds is 5. The summed E-state index contributed by atoms with van der Waals surface area (Å²) in [5.74, 6) is -0.771. The van der Waals surface area contributed by atoms with Gasteiger partial charge in [-0.15, -0.1) is 0 Å². The van der Waals surface area contributed by atoms with Crippen molar-refractivity contribution in [3.05, 3.63) is 0 Å². The first kappa shape index (κ1) is 12.5. The minimum absolute atomic E-state index is 0.432. The SMILES string of the molecule is C[C@@H](NCCC1CCCCN1C)C(=O)O. The molecule has 1 aliphatic heterocycles. The van der Waals surface area contributed by atoms with Crippen LogP contribution >= 0.6 is 0 Å². The van der Waals surface area contributed by atoms with Gasteiger partial charge in [0.25, 0.3) is 0 Å². The summed E-state index contributed by atoms with van der Waals surface area (Å²) in [6.07, 6.45) is 4.91. The van der Waals surface area contributed by atoms with E-state index >= 15 is 0 Å². The van der Waals surface area contributed by atoms with Crippen LogP contribution in [0.4, 0.5) is 0 Å². The van der Waals surface area contributed by atoms with Crippen LogP contribution in [-0.4, -0.2) is 48.2 Å². The molecule has 1 rings (SSSR count). The van der Waals surface area contributed by atoms with E-state index < -0.39 is 12.0 Å². The van der Waals surface area contributed by atoms with Crippen molar-refractivity contribution in [3.8, 4) is 0 Å². The molecule has 2 atom stereocenters. The van der Waals surface area contributed by atoms with Crippen LogP contribution in [-0.2, 0) is 4.79 Å². The van der Waals surface area contributed by atoms with Gasteiger partial charge in [-0.2, -0.15) is 0 Å². The molecule has 88 valence electrons. The molecule has 0 aromatic carbocycles. The van der Waals surface area contributed by atoms with Gasteiger partial charge in [0.2, 0.25) is 0 Å². The molecule has 0 aliphatic carbocycles. The number of carboxylic acids is 1. The molecule has 1 unspecified atom stereocenters. The van der Waals surface area contributed by atoms with E-state index in [4.69, 9.17) is 5.11 Å². The van der Waals surface area contributed by atoms with Crippen LogP contribution in [0.2, 0.25) is 0 Å². The van der Waals surface area contributed by atoms with E-state index in [1.165, 1.54) is 25.8 Å². The van der Waals surface area contributed by atoms with E-state index in [0.29, 0.717) is 6.04 Å². The van der Waals surface area contributed by atoms with Crippen molar-refractivity contribution in [1.29, 1.82) is 0 Å². The molecule has 1 aliphatic rings. The Balaban J connectivity index is 2.16. The van der Waals surface area contributed by atoms with Crippen molar-refractivity contribution in [2.75, 3.05) is 20.1 Å². The molecule has 4 heteroatoms. The summed E-state index contributed by atoms with van der Waals surface area (Å²) in [6.45, 7) is 3.66. The number of piperidine rings is 1. The van der Waals surface area contributed by atoms with Gasteiger partial charge >= 0.3 is 5.97 Å². The minimum Gasteiger partial charge on any atom is -0.480 e. The number of nitrogens with zero attached hydrogens (tertiary/aromatic N) is 1. The molecular formula is C11H22N2O2. The Kier molecular flexibility index (Phi) is 5.05. The Morgan fingerprint density at radius 3 is 2.93 bits per heavy atom. The maximum Gasteiger partial charge on any atom is 0.320 e. The normalized spacial score (nSPS) is 25.1. The summed E-state index contributed by atoms with van der Waals surface area (Å²) in [5.41, 5.74) is 0. The van der Waals surface area contributed by atoms with Crippen molar-refractivity contribution in [2.45, 2.75) is 44.7 Å². The number of hydrogen-bond acceptors (Lipinski definition) is 3. The summed E-state index contributed by atoms with van der Waals surface area (Å²) in [4.78, 5) is 13.0. The molecule has 0 aromatic rings. The first-order chi connectivity index (χ1) is 7.11. The molecule has 1 saturated heterocycles. The van der Waals surface area contributed by atoms with Crippen molar-refractivity contribution in [2.24, 2.45) is 0 Å². The fourth-order valence-electron chi connectivity index (χ4n) is 2.06. The lowest BCUT2D eigenvalue weighted by atomic mass is 10.00. The fraction of sp³-hybridized carbons (Fsp3) is 0.909. The lowest BCUT2D eigenvalue weighted by Gasteiger charge is -2.32. The summed E-state index contributed by atoms with van der Waals surface area (Å²) in [5, 5.41) is 11.7. The quantitative estimate of drug-likeness (QED) is 0.714. The van der Waals surface area contributed by atoms with E-state index in [1.54, 1.807) is 6.92 Å². The smallest absolute Gasteiger partial charge is 0.320 e. The van der Waals surface area contributed by atoms with Crippen LogP contribution < -0.4 is 5.32 Å². The number of nitrogens with one attached hydrogen (secondary N) is 1. The molecule has 0 amide bonds. The maximum absolute atomic E-state index is 10.6. The van der Waals surface area contributed by atoms with Gasteiger partial charge in [0.1, 0.15) is 6.04 Å². The topological polar surface area (TPSA) is 52.6 Å². The van der Waals surface area contributed by atoms with Crippen LogP contribution in [0.1, 0.15) is 32.6 Å². The van der Waals surface area contributed by atoms with E-state index in [-0.39, 0.29) is 0 Å². The highest BCUT2D eigenvalue weighted by atomic mass is 16.4. The molecule has 0 bridgehead atoms. The molecule has 2 N–H and O–H groups in total. The Morgan fingerprint density at radius 2 is 2.33 bits per heavy atom. The second-order valence-corrected chi connectivity index (χ2v) is 4.43. The zero-order chi connectivity index (χ0) is 11.3. The monoisotopic (exact) mass is 214 g/mol. The van der Waals surface area contributed by atoms with Crippen molar-refractivity contribution >= 4 is 5.97 Å². The number of likely N-dealkylation sites (tertiary alicyclic amines) is 1. The molecule has 0 aromatic heterocycles. The summed E-state index contributed by atoms with van der Waals surface area (Å²) < 4.78 is 0. The highest BCUT2D eigenvalue weighted by Crippen LogP contribution is 2.16. The van der Waals surface area contributed by atoms with Gasteiger partial charge in [-0.3, -0.25) is 4.79 Å². The predicted octanol–water partition coefficient (Wildman–Crippen LogP) is 0.923. The van der Waals surface area contributed by atoms with Gasteiger partial charge in [-0.05, 0) is 46.3 Å². The first-order valence-corrected chi connectivity index (χ1v) is 5.77. The molecule has 1 fully saturated rings. The average molecular weight is 214 g/mol. The maximum atomic E-state index is 10.6. The third-order valence-corrected chi connectivity index (χ3v) is 3.22. The van der Waals surface area contributed by atoms with Gasteiger partial charge in [0.15, 0.2) is 0 Å². The Labute approximate surface area is 91.6 Å². The van der Waals surface area contributed by atoms with Gasteiger partial charge < -0.3 is 15.3 Å². The second kappa shape index (κ2) is 6.08. The largest absolute Gasteiger partial charge is 0.480 e. The van der Waals surface area contributed by atoms with E-state index in [2.05, 4.69) is 17.3 Å². The summed E-state index contributed by atoms with van der Waals surface area (Å²) in [6, 6.07) is 0.200. The highest BCUT2D eigenvalue weighted by molar-refractivity contribution is 5.72. The highest BCUT2D eigenvalue weighted by Gasteiger charge is 2.18. The van der Waals surface area contributed by atoms with Crippen LogP contribution in [0, 0.1) is 0 Å². The molecule has 0 radical (unpaired) electrons. The van der Waals surface area contributed by atoms with Crippen molar-refractivity contribution in [3.63, 3.8) is 0 Å². The Hall–Kier alpha value is -0.610. The lowest BCUT2D eigenvalue weighted by molar-refractivity contribution is -0.139. The number of carbonyl (C=O) groups is 1. The molecule has 1 heterocycles. The zero-order valence-electron chi connectivity index (χ0n) is 9.70. The third kappa shape index (κ3) is 4.18. The average Bonchev–Trinajstić information content (AvgIpc) is 2.20. The lowest BCUT2D eigenvalue weighted by Crippen LogP contribution is -2.40. The molecule has 0 saturated carbocycles. The van der Waals surface area contributed by atoms with E-state index in [9.17, 15) is 4.79 Å². The first-order valence-electron chi connectivity index (χ1n) is 5.77. The van der Waals surface area contributed by atoms with Crippen molar-refractivity contribution in [1.82, 2.24) is 10.2 Å². The molecule has 4 nitrogen and oxygen atoms in total. The predicted molar refractivity (Wildman–Crippen MR) is 60.0 cm³/mol. The second-order valence-electron chi connectivity index (χ2n) is 4.43. The van der Waals surface area contributed by atoms with Crippen LogP contribution in [0.25, 0.3) is 0 Å². The molecule has 15 heavy (non-hydrogen) atoms.